The van der Waals surface area contributed by atoms with Gasteiger partial charge in [0.05, 0.1) is 12.2 Å². The Hall–Kier alpha value is -0.340. The number of hydrogen-bond donors (Lipinski definition) is 1. The van der Waals surface area contributed by atoms with Gasteiger partial charge < -0.3 is 10.1 Å². The lowest BCUT2D eigenvalue weighted by Crippen LogP contribution is -2.41. The first-order valence-electron chi connectivity index (χ1n) is 6.26. The van der Waals surface area contributed by atoms with Gasteiger partial charge in [0.1, 0.15) is 0 Å². The Labute approximate surface area is 93.1 Å². The van der Waals surface area contributed by atoms with Gasteiger partial charge >= 0.3 is 0 Å². The fraction of sp³-hybridized carbons (Fsp3) is 0.846. The first-order valence-corrected chi connectivity index (χ1v) is 6.26. The summed E-state index contributed by atoms with van der Waals surface area (Å²) in [4.78, 5) is 0. The molecule has 0 aromatic heterocycles. The van der Waals surface area contributed by atoms with Crippen molar-refractivity contribution >= 4 is 0 Å². The van der Waals surface area contributed by atoms with Crippen LogP contribution in [0.15, 0.2) is 12.2 Å². The van der Waals surface area contributed by atoms with E-state index in [1.807, 2.05) is 0 Å². The summed E-state index contributed by atoms with van der Waals surface area (Å²) in [6.07, 6.45) is 6.00. The Balaban J connectivity index is 1.96. The van der Waals surface area contributed by atoms with Crippen molar-refractivity contribution in [2.24, 2.45) is 5.92 Å². The molecule has 2 fully saturated rings. The smallest absolute Gasteiger partial charge is 0.0627 e. The van der Waals surface area contributed by atoms with E-state index in [4.69, 9.17) is 4.74 Å². The highest BCUT2D eigenvalue weighted by Crippen LogP contribution is 2.41. The Morgan fingerprint density at radius 3 is 2.80 bits per heavy atom. The normalized spacial score (nSPS) is 35.7. The fourth-order valence-electron chi connectivity index (χ4n) is 3.02. The maximum atomic E-state index is 5.91. The minimum absolute atomic E-state index is 0.472. The summed E-state index contributed by atoms with van der Waals surface area (Å²) in [5, 5.41) is 3.62. The molecule has 2 bridgehead atoms. The lowest BCUT2D eigenvalue weighted by Gasteiger charge is -2.29. The van der Waals surface area contributed by atoms with Gasteiger partial charge in [-0.05, 0) is 39.2 Å². The monoisotopic (exact) mass is 209 g/mol. The highest BCUT2D eigenvalue weighted by Gasteiger charge is 2.44. The molecular weight excluding hydrogens is 186 g/mol. The van der Waals surface area contributed by atoms with Crippen LogP contribution in [0.4, 0.5) is 0 Å². The summed E-state index contributed by atoms with van der Waals surface area (Å²) in [5.74, 6) is 0.674. The van der Waals surface area contributed by atoms with E-state index in [0.717, 1.165) is 6.54 Å². The van der Waals surface area contributed by atoms with E-state index in [1.54, 1.807) is 0 Å². The van der Waals surface area contributed by atoms with Crippen LogP contribution in [0, 0.1) is 5.92 Å². The second-order valence-corrected chi connectivity index (χ2v) is 5.05. The van der Waals surface area contributed by atoms with E-state index < -0.39 is 0 Å². The minimum Gasteiger partial charge on any atom is -0.375 e. The zero-order chi connectivity index (χ0) is 10.8. The van der Waals surface area contributed by atoms with E-state index in [-0.39, 0.29) is 0 Å². The molecule has 2 heteroatoms. The molecule has 4 atom stereocenters. The van der Waals surface area contributed by atoms with E-state index in [9.17, 15) is 0 Å². The topological polar surface area (TPSA) is 21.3 Å². The second kappa shape index (κ2) is 4.67. The molecule has 0 spiro atoms. The average molecular weight is 209 g/mol. The molecule has 15 heavy (non-hydrogen) atoms. The van der Waals surface area contributed by atoms with Gasteiger partial charge in [-0.15, -0.1) is 0 Å². The molecule has 2 rings (SSSR count). The summed E-state index contributed by atoms with van der Waals surface area (Å²) in [7, 11) is 0. The van der Waals surface area contributed by atoms with Crippen LogP contribution in [0.1, 0.15) is 39.5 Å². The number of rotatable bonds is 5. The van der Waals surface area contributed by atoms with E-state index in [2.05, 4.69) is 25.7 Å². The Bertz CT molecular complexity index is 239. The number of hydrogen-bond acceptors (Lipinski definition) is 2. The van der Waals surface area contributed by atoms with Crippen LogP contribution in [0.2, 0.25) is 0 Å². The molecule has 2 heterocycles. The van der Waals surface area contributed by atoms with Crippen molar-refractivity contribution in [1.29, 1.82) is 0 Å². The summed E-state index contributed by atoms with van der Waals surface area (Å²) >= 11 is 0. The van der Waals surface area contributed by atoms with Crippen LogP contribution >= 0.6 is 0 Å². The summed E-state index contributed by atoms with van der Waals surface area (Å²) in [6, 6.07) is 0.472. The van der Waals surface area contributed by atoms with Crippen LogP contribution in [0.5, 0.6) is 0 Å². The third-order valence-electron chi connectivity index (χ3n) is 3.73. The highest BCUT2D eigenvalue weighted by atomic mass is 16.5. The van der Waals surface area contributed by atoms with Gasteiger partial charge in [-0.25, -0.2) is 0 Å². The molecule has 86 valence electrons. The van der Waals surface area contributed by atoms with Crippen molar-refractivity contribution < 1.29 is 4.74 Å². The molecule has 0 aliphatic carbocycles. The van der Waals surface area contributed by atoms with Crippen LogP contribution in [0.25, 0.3) is 0 Å². The lowest BCUT2D eigenvalue weighted by molar-refractivity contribution is 0.0881. The molecule has 2 saturated heterocycles. The zero-order valence-corrected chi connectivity index (χ0v) is 9.96. The van der Waals surface area contributed by atoms with Gasteiger partial charge in [-0.1, -0.05) is 19.1 Å². The average Bonchev–Trinajstić information content (AvgIpc) is 2.79. The summed E-state index contributed by atoms with van der Waals surface area (Å²) in [5.41, 5.74) is 1.27. The molecule has 0 amide bonds. The van der Waals surface area contributed by atoms with Crippen LogP contribution in [-0.2, 0) is 4.74 Å². The van der Waals surface area contributed by atoms with Gasteiger partial charge in [0.2, 0.25) is 0 Å². The zero-order valence-electron chi connectivity index (χ0n) is 9.96. The van der Waals surface area contributed by atoms with E-state index in [1.165, 1.54) is 31.3 Å². The predicted molar refractivity (Wildman–Crippen MR) is 62.9 cm³/mol. The van der Waals surface area contributed by atoms with Crippen LogP contribution in [0.3, 0.4) is 0 Å². The number of ether oxygens (including phenoxy) is 1. The maximum Gasteiger partial charge on any atom is 0.0627 e. The molecule has 2 nitrogen and oxygen atoms in total. The lowest BCUT2D eigenvalue weighted by atomic mass is 9.81. The number of nitrogens with one attached hydrogen (secondary N) is 1. The first kappa shape index (κ1) is 11.2. The predicted octanol–water partition coefficient (Wildman–Crippen LogP) is 2.50. The van der Waals surface area contributed by atoms with Gasteiger partial charge in [0.15, 0.2) is 0 Å². The van der Waals surface area contributed by atoms with Crippen molar-refractivity contribution in [1.82, 2.24) is 5.32 Å². The van der Waals surface area contributed by atoms with Crippen LogP contribution in [-0.4, -0.2) is 24.8 Å². The summed E-state index contributed by atoms with van der Waals surface area (Å²) < 4.78 is 5.91. The Kier molecular flexibility index (Phi) is 3.47. The molecule has 0 saturated carbocycles. The Morgan fingerprint density at radius 2 is 2.33 bits per heavy atom. The molecule has 4 unspecified atom stereocenters. The van der Waals surface area contributed by atoms with Gasteiger partial charge in [0.25, 0.3) is 0 Å². The van der Waals surface area contributed by atoms with E-state index >= 15 is 0 Å². The van der Waals surface area contributed by atoms with Crippen molar-refractivity contribution in [2.45, 2.75) is 57.8 Å². The molecule has 0 aromatic carbocycles. The van der Waals surface area contributed by atoms with Gasteiger partial charge in [-0.2, -0.15) is 0 Å². The standard InChI is InChI=1S/C13H23NO/c1-4-7-14-13(9(2)3)11-8-10-5-6-12(11)15-10/h10-14H,2,4-8H2,1,3H3. The second-order valence-electron chi connectivity index (χ2n) is 5.05. The van der Waals surface area contributed by atoms with Gasteiger partial charge in [0, 0.05) is 12.0 Å². The quantitative estimate of drug-likeness (QED) is 0.702. The van der Waals surface area contributed by atoms with Gasteiger partial charge in [-0.3, -0.25) is 0 Å². The van der Waals surface area contributed by atoms with E-state index in [0.29, 0.717) is 24.2 Å². The maximum absolute atomic E-state index is 5.91. The first-order chi connectivity index (χ1) is 7.22. The molecule has 2 aliphatic rings. The minimum atomic E-state index is 0.472. The van der Waals surface area contributed by atoms with Crippen molar-refractivity contribution in [3.63, 3.8) is 0 Å². The Morgan fingerprint density at radius 1 is 1.53 bits per heavy atom. The van der Waals surface area contributed by atoms with Crippen molar-refractivity contribution in [3.8, 4) is 0 Å². The third kappa shape index (κ3) is 2.26. The molecule has 2 aliphatic heterocycles. The molecule has 0 aromatic rings. The number of fused-ring (bicyclic) bond motifs is 2. The summed E-state index contributed by atoms with van der Waals surface area (Å²) in [6.45, 7) is 9.55. The highest BCUT2D eigenvalue weighted by molar-refractivity contribution is 5.09. The fourth-order valence-corrected chi connectivity index (χ4v) is 3.02. The molecule has 1 N–H and O–H groups in total. The largest absolute Gasteiger partial charge is 0.375 e. The van der Waals surface area contributed by atoms with Crippen molar-refractivity contribution in [2.75, 3.05) is 6.54 Å². The molecular formula is C13H23NO. The van der Waals surface area contributed by atoms with Crippen molar-refractivity contribution in [3.05, 3.63) is 12.2 Å². The SMILES string of the molecule is C=C(C)C(NCCC)C1CC2CCC1O2. The third-order valence-corrected chi connectivity index (χ3v) is 3.73. The molecule has 0 radical (unpaired) electrons. The van der Waals surface area contributed by atoms with Crippen LogP contribution < -0.4 is 5.32 Å².